The summed E-state index contributed by atoms with van der Waals surface area (Å²) >= 11 is 0. The lowest BCUT2D eigenvalue weighted by atomic mass is 9.92. The molecule has 5 nitrogen and oxygen atoms in total. The van der Waals surface area contributed by atoms with Gasteiger partial charge >= 0.3 is 0 Å². The van der Waals surface area contributed by atoms with Crippen LogP contribution in [0.4, 0.5) is 0 Å². The molecule has 154 valence electrons. The predicted octanol–water partition coefficient (Wildman–Crippen LogP) is 3.79. The standard InChI is InChI=1S/C24H32N4O/c1-2-3-9-22-25-14-21(26-22)17-28-15-19-11-12-20(16-28)24(19)27-23(29)13-10-18-7-5-4-6-8-18/h4-8,10,13-14,19-20,24H,2-3,9,11-12,15-17H2,1H3,(H,25,26)(H,27,29). The van der Waals surface area contributed by atoms with Crippen molar-refractivity contribution in [1.82, 2.24) is 20.2 Å². The fraction of sp³-hybridized carbons (Fsp3) is 0.500. The molecule has 1 saturated carbocycles. The molecule has 4 rings (SSSR count). The summed E-state index contributed by atoms with van der Waals surface area (Å²) in [7, 11) is 0. The van der Waals surface area contributed by atoms with Gasteiger partial charge in [0.15, 0.2) is 0 Å². The average molecular weight is 393 g/mol. The third-order valence-electron chi connectivity index (χ3n) is 6.29. The number of hydrogen-bond donors (Lipinski definition) is 2. The normalized spacial score (nSPS) is 24.2. The summed E-state index contributed by atoms with van der Waals surface area (Å²) in [5.41, 5.74) is 2.27. The summed E-state index contributed by atoms with van der Waals surface area (Å²) in [5, 5.41) is 3.29. The Morgan fingerprint density at radius 3 is 2.72 bits per heavy atom. The van der Waals surface area contributed by atoms with Crippen LogP contribution in [0.5, 0.6) is 0 Å². The van der Waals surface area contributed by atoms with Crippen molar-refractivity contribution in [3.63, 3.8) is 0 Å². The zero-order chi connectivity index (χ0) is 20.1. The van der Waals surface area contributed by atoms with Gasteiger partial charge in [0.25, 0.3) is 0 Å². The molecule has 2 fully saturated rings. The minimum atomic E-state index is 0.0262. The number of carbonyl (C=O) groups excluding carboxylic acids is 1. The first kappa shape index (κ1) is 19.9. The van der Waals surface area contributed by atoms with Gasteiger partial charge in [-0.25, -0.2) is 4.98 Å². The maximum Gasteiger partial charge on any atom is 0.244 e. The van der Waals surface area contributed by atoms with Crippen molar-refractivity contribution < 1.29 is 4.79 Å². The maximum absolute atomic E-state index is 12.4. The van der Waals surface area contributed by atoms with E-state index in [0.717, 1.165) is 37.4 Å². The molecule has 5 heteroatoms. The number of imidazole rings is 1. The predicted molar refractivity (Wildman–Crippen MR) is 116 cm³/mol. The summed E-state index contributed by atoms with van der Waals surface area (Å²) in [6.45, 7) is 5.24. The highest BCUT2D eigenvalue weighted by Crippen LogP contribution is 2.37. The summed E-state index contributed by atoms with van der Waals surface area (Å²) < 4.78 is 0. The van der Waals surface area contributed by atoms with Gasteiger partial charge in [-0.15, -0.1) is 0 Å². The number of likely N-dealkylation sites (tertiary alicyclic amines) is 1. The molecule has 1 amide bonds. The molecule has 29 heavy (non-hydrogen) atoms. The van der Waals surface area contributed by atoms with E-state index in [4.69, 9.17) is 0 Å². The molecule has 1 aliphatic carbocycles. The Balaban J connectivity index is 1.29. The number of fused-ring (bicyclic) bond motifs is 2. The van der Waals surface area contributed by atoms with Crippen LogP contribution in [0, 0.1) is 11.8 Å². The van der Waals surface area contributed by atoms with E-state index in [0.29, 0.717) is 17.9 Å². The van der Waals surface area contributed by atoms with E-state index in [-0.39, 0.29) is 5.91 Å². The molecule has 0 radical (unpaired) electrons. The van der Waals surface area contributed by atoms with E-state index in [1.54, 1.807) is 6.08 Å². The molecule has 1 aromatic heterocycles. The fourth-order valence-electron chi connectivity index (χ4n) is 4.83. The molecule has 2 bridgehead atoms. The van der Waals surface area contributed by atoms with Crippen molar-refractivity contribution in [3.05, 3.63) is 59.7 Å². The number of benzene rings is 1. The number of aryl methyl sites for hydroxylation is 1. The highest BCUT2D eigenvalue weighted by Gasteiger charge is 2.42. The molecule has 2 aliphatic rings. The molecule has 0 spiro atoms. The van der Waals surface area contributed by atoms with E-state index in [1.807, 2.05) is 42.6 Å². The zero-order valence-electron chi connectivity index (χ0n) is 17.3. The lowest BCUT2D eigenvalue weighted by molar-refractivity contribution is -0.118. The number of carbonyl (C=O) groups is 1. The van der Waals surface area contributed by atoms with E-state index in [1.165, 1.54) is 31.4 Å². The Kier molecular flexibility index (Phi) is 6.45. The number of aromatic amines is 1. The number of piperidine rings is 1. The van der Waals surface area contributed by atoms with Crippen molar-refractivity contribution in [2.75, 3.05) is 13.1 Å². The van der Waals surface area contributed by atoms with Gasteiger partial charge in [-0.3, -0.25) is 9.69 Å². The quantitative estimate of drug-likeness (QED) is 0.672. The molecule has 1 saturated heterocycles. The van der Waals surface area contributed by atoms with Crippen LogP contribution in [0.25, 0.3) is 6.08 Å². The molecular formula is C24H32N4O. The van der Waals surface area contributed by atoms with E-state index in [9.17, 15) is 4.79 Å². The Bertz CT molecular complexity index is 814. The van der Waals surface area contributed by atoms with E-state index in [2.05, 4.69) is 27.1 Å². The Labute approximate surface area is 173 Å². The number of rotatable bonds is 8. The monoisotopic (exact) mass is 392 g/mol. The summed E-state index contributed by atoms with van der Waals surface area (Å²) in [6, 6.07) is 10.3. The smallest absolute Gasteiger partial charge is 0.244 e. The molecule has 2 aromatic rings. The number of hydrogen-bond acceptors (Lipinski definition) is 3. The first-order valence-electron chi connectivity index (χ1n) is 11.0. The second kappa shape index (κ2) is 9.40. The number of unbranched alkanes of at least 4 members (excludes halogenated alkanes) is 1. The van der Waals surface area contributed by atoms with Gasteiger partial charge in [-0.05, 0) is 42.7 Å². The minimum absolute atomic E-state index is 0.0262. The second-order valence-electron chi connectivity index (χ2n) is 8.53. The van der Waals surface area contributed by atoms with Gasteiger partial charge in [0.2, 0.25) is 5.91 Å². The topological polar surface area (TPSA) is 61.0 Å². The van der Waals surface area contributed by atoms with Crippen LogP contribution >= 0.6 is 0 Å². The largest absolute Gasteiger partial charge is 0.349 e. The lowest BCUT2D eigenvalue weighted by Crippen LogP contribution is -2.52. The Morgan fingerprint density at radius 1 is 1.24 bits per heavy atom. The number of H-pyrrole nitrogens is 1. The highest BCUT2D eigenvalue weighted by atomic mass is 16.1. The fourth-order valence-corrected chi connectivity index (χ4v) is 4.83. The van der Waals surface area contributed by atoms with Crippen LogP contribution in [0.1, 0.15) is 49.7 Å². The van der Waals surface area contributed by atoms with Gasteiger partial charge in [0.05, 0.1) is 0 Å². The third kappa shape index (κ3) is 5.15. The van der Waals surface area contributed by atoms with Gasteiger partial charge in [-0.1, -0.05) is 43.7 Å². The molecule has 2 unspecified atom stereocenters. The number of amides is 1. The van der Waals surface area contributed by atoms with Gasteiger partial charge in [-0.2, -0.15) is 0 Å². The van der Waals surface area contributed by atoms with Crippen LogP contribution in [-0.4, -0.2) is 39.9 Å². The molecular weight excluding hydrogens is 360 g/mol. The van der Waals surface area contributed by atoms with Crippen LogP contribution in [0.3, 0.4) is 0 Å². The Hall–Kier alpha value is -2.40. The Morgan fingerprint density at radius 2 is 2.00 bits per heavy atom. The first-order valence-corrected chi connectivity index (χ1v) is 11.0. The number of nitrogens with zero attached hydrogens (tertiary/aromatic N) is 2. The van der Waals surface area contributed by atoms with Crippen LogP contribution in [-0.2, 0) is 17.8 Å². The average Bonchev–Trinajstić information content (AvgIpc) is 3.26. The van der Waals surface area contributed by atoms with Crippen LogP contribution < -0.4 is 5.32 Å². The van der Waals surface area contributed by atoms with E-state index >= 15 is 0 Å². The van der Waals surface area contributed by atoms with Gasteiger partial charge in [0, 0.05) is 50.1 Å². The van der Waals surface area contributed by atoms with Crippen LogP contribution in [0.15, 0.2) is 42.6 Å². The van der Waals surface area contributed by atoms with Crippen molar-refractivity contribution in [2.24, 2.45) is 11.8 Å². The summed E-state index contributed by atoms with van der Waals surface area (Å²) in [5.74, 6) is 2.23. The second-order valence-corrected chi connectivity index (χ2v) is 8.53. The van der Waals surface area contributed by atoms with Crippen molar-refractivity contribution in [2.45, 2.75) is 51.6 Å². The molecule has 2 atom stereocenters. The third-order valence-corrected chi connectivity index (χ3v) is 6.29. The molecule has 2 heterocycles. The highest BCUT2D eigenvalue weighted by molar-refractivity contribution is 5.92. The van der Waals surface area contributed by atoms with Gasteiger partial charge in [0.1, 0.15) is 5.82 Å². The van der Waals surface area contributed by atoms with Crippen molar-refractivity contribution in [1.29, 1.82) is 0 Å². The number of aromatic nitrogens is 2. The zero-order valence-corrected chi connectivity index (χ0v) is 17.3. The molecule has 1 aromatic carbocycles. The number of nitrogens with one attached hydrogen (secondary N) is 2. The lowest BCUT2D eigenvalue weighted by Gasteiger charge is -2.38. The van der Waals surface area contributed by atoms with E-state index < -0.39 is 0 Å². The molecule has 2 N–H and O–H groups in total. The summed E-state index contributed by atoms with van der Waals surface area (Å²) in [4.78, 5) is 23.0. The van der Waals surface area contributed by atoms with Crippen molar-refractivity contribution in [3.8, 4) is 0 Å². The summed E-state index contributed by atoms with van der Waals surface area (Å²) in [6.07, 6.45) is 11.4. The SMILES string of the molecule is CCCCc1ncc(CN2CC3CCC(C2)C3NC(=O)C=Cc2ccccc2)[nH]1. The maximum atomic E-state index is 12.4. The van der Waals surface area contributed by atoms with Gasteiger partial charge < -0.3 is 10.3 Å². The molecule has 1 aliphatic heterocycles. The van der Waals surface area contributed by atoms with Crippen LogP contribution in [0.2, 0.25) is 0 Å². The minimum Gasteiger partial charge on any atom is -0.349 e. The first-order chi connectivity index (χ1) is 14.2. The van der Waals surface area contributed by atoms with Crippen molar-refractivity contribution >= 4 is 12.0 Å².